The van der Waals surface area contributed by atoms with Gasteiger partial charge in [-0.1, -0.05) is 292 Å². The van der Waals surface area contributed by atoms with E-state index in [9.17, 15) is 14.4 Å². The van der Waals surface area contributed by atoms with Crippen LogP contribution in [0.1, 0.15) is 303 Å². The van der Waals surface area contributed by atoms with Crippen molar-refractivity contribution in [1.29, 1.82) is 0 Å². The van der Waals surface area contributed by atoms with Gasteiger partial charge in [0.05, 0.1) is 0 Å². The van der Waals surface area contributed by atoms with Crippen molar-refractivity contribution in [2.75, 3.05) is 13.2 Å². The number of ether oxygens (including phenoxy) is 3. The van der Waals surface area contributed by atoms with Gasteiger partial charge in [0.25, 0.3) is 0 Å². The zero-order valence-corrected chi connectivity index (χ0v) is 48.1. The van der Waals surface area contributed by atoms with E-state index in [0.717, 1.165) is 109 Å². The van der Waals surface area contributed by atoms with E-state index < -0.39 is 6.10 Å². The van der Waals surface area contributed by atoms with Crippen LogP contribution in [0.5, 0.6) is 0 Å². The van der Waals surface area contributed by atoms with Crippen LogP contribution in [0.3, 0.4) is 0 Å². The van der Waals surface area contributed by atoms with Crippen LogP contribution in [0.15, 0.2) is 85.1 Å². The molecule has 0 spiro atoms. The molecule has 0 radical (unpaired) electrons. The Balaban J connectivity index is 4.12. The summed E-state index contributed by atoms with van der Waals surface area (Å²) in [5.74, 6) is -0.876. The molecule has 0 aromatic rings. The first-order chi connectivity index (χ1) is 36.0. The molecule has 0 aliphatic rings. The summed E-state index contributed by atoms with van der Waals surface area (Å²) in [6, 6.07) is 0. The Morgan fingerprint density at radius 2 is 0.534 bits per heavy atom. The molecule has 0 aromatic heterocycles. The monoisotopic (exact) mass is 1020 g/mol. The van der Waals surface area contributed by atoms with Gasteiger partial charge in [0, 0.05) is 19.3 Å². The summed E-state index contributed by atoms with van der Waals surface area (Å²) in [5, 5.41) is 0. The average Bonchev–Trinajstić information content (AvgIpc) is 3.39. The second kappa shape index (κ2) is 61.1. The van der Waals surface area contributed by atoms with Crippen LogP contribution in [0.2, 0.25) is 0 Å². The van der Waals surface area contributed by atoms with E-state index in [0.29, 0.717) is 19.3 Å². The van der Waals surface area contributed by atoms with Crippen LogP contribution < -0.4 is 0 Å². The fraction of sp³-hybridized carbons (Fsp3) is 0.746. The predicted molar refractivity (Wildman–Crippen MR) is 316 cm³/mol. The first kappa shape index (κ1) is 69.6. The zero-order chi connectivity index (χ0) is 52.9. The third-order valence-corrected chi connectivity index (χ3v) is 13.4. The SMILES string of the molecule is CC/C=C\C/C=C\C/C=C\C/C=C\C/C=C\C/C=C\C/C=C\CCCCCCCCCCCC(=O)OCC(COC(=O)CCCCCCCCC)OC(=O)CCCCCCCCCCCCCCCCCCC. The maximum atomic E-state index is 12.8. The van der Waals surface area contributed by atoms with Crippen LogP contribution in [0.25, 0.3) is 0 Å². The maximum Gasteiger partial charge on any atom is 0.306 e. The van der Waals surface area contributed by atoms with Gasteiger partial charge < -0.3 is 14.2 Å². The minimum Gasteiger partial charge on any atom is -0.462 e. The van der Waals surface area contributed by atoms with Crippen LogP contribution >= 0.6 is 0 Å². The molecule has 73 heavy (non-hydrogen) atoms. The predicted octanol–water partition coefficient (Wildman–Crippen LogP) is 21.1. The Kier molecular flexibility index (Phi) is 58.3. The van der Waals surface area contributed by atoms with Gasteiger partial charge in [-0.05, 0) is 77.0 Å². The maximum absolute atomic E-state index is 12.8. The van der Waals surface area contributed by atoms with Gasteiger partial charge in [0.15, 0.2) is 6.10 Å². The number of unbranched alkanes of at least 4 members (excludes halogenated alkanes) is 31. The zero-order valence-electron chi connectivity index (χ0n) is 48.1. The molecule has 0 aliphatic heterocycles. The highest BCUT2D eigenvalue weighted by Crippen LogP contribution is 2.16. The van der Waals surface area contributed by atoms with Crippen molar-refractivity contribution >= 4 is 17.9 Å². The molecule has 0 bridgehead atoms. The van der Waals surface area contributed by atoms with Crippen molar-refractivity contribution in [3.63, 3.8) is 0 Å². The highest BCUT2D eigenvalue weighted by molar-refractivity contribution is 5.71. The van der Waals surface area contributed by atoms with Gasteiger partial charge in [0.1, 0.15) is 13.2 Å². The Labute approximate surface area is 452 Å². The second-order valence-electron chi connectivity index (χ2n) is 20.6. The third-order valence-electron chi connectivity index (χ3n) is 13.4. The second-order valence-corrected chi connectivity index (χ2v) is 20.6. The molecule has 1 atom stereocenters. The summed E-state index contributed by atoms with van der Waals surface area (Å²) in [7, 11) is 0. The van der Waals surface area contributed by atoms with E-state index >= 15 is 0 Å². The molecule has 420 valence electrons. The van der Waals surface area contributed by atoms with Crippen LogP contribution in [0.4, 0.5) is 0 Å². The van der Waals surface area contributed by atoms with E-state index in [4.69, 9.17) is 14.2 Å². The lowest BCUT2D eigenvalue weighted by atomic mass is 10.0. The molecule has 0 heterocycles. The largest absolute Gasteiger partial charge is 0.462 e. The summed E-state index contributed by atoms with van der Waals surface area (Å²) in [5.41, 5.74) is 0. The summed E-state index contributed by atoms with van der Waals surface area (Å²) >= 11 is 0. The van der Waals surface area contributed by atoms with Crippen LogP contribution in [0, 0.1) is 0 Å². The third kappa shape index (κ3) is 59.3. The van der Waals surface area contributed by atoms with Gasteiger partial charge >= 0.3 is 17.9 Å². The number of carbonyl (C=O) groups is 3. The molecule has 0 saturated heterocycles. The van der Waals surface area contributed by atoms with Gasteiger partial charge in [-0.25, -0.2) is 0 Å². The van der Waals surface area contributed by atoms with E-state index in [1.165, 1.54) is 154 Å². The summed E-state index contributed by atoms with van der Waals surface area (Å²) in [6.07, 6.45) is 80.4. The summed E-state index contributed by atoms with van der Waals surface area (Å²) in [6.45, 7) is 6.51. The average molecular weight is 1020 g/mol. The smallest absolute Gasteiger partial charge is 0.306 e. The summed E-state index contributed by atoms with van der Waals surface area (Å²) < 4.78 is 16.8. The molecule has 0 aromatic carbocycles. The van der Waals surface area contributed by atoms with E-state index in [-0.39, 0.29) is 31.1 Å². The Morgan fingerprint density at radius 3 is 0.836 bits per heavy atom. The first-order valence-corrected chi connectivity index (χ1v) is 31.1. The molecule has 1 unspecified atom stereocenters. The van der Waals surface area contributed by atoms with Crippen LogP contribution in [-0.2, 0) is 28.6 Å². The van der Waals surface area contributed by atoms with E-state index in [2.05, 4.69) is 106 Å². The molecule has 6 nitrogen and oxygen atoms in total. The standard InChI is InChI=1S/C67H116O6/c1-4-7-10-13-16-18-20-22-24-26-27-28-29-30-31-32-33-34-35-36-37-38-39-41-42-44-46-48-51-54-57-60-66(69)72-63-64(62-71-65(68)59-56-53-50-15-12-9-6-3)73-67(70)61-58-55-52-49-47-45-43-40-25-23-21-19-17-14-11-8-5-2/h7,10,16,18,22,24,27-28,30-31,33-34,36-37,64H,4-6,8-9,11-15,17,19-21,23,25-26,29,32,35,38-63H2,1-3H3/b10-7-,18-16-,24-22-,28-27-,31-30-,34-33-,37-36-. The van der Waals surface area contributed by atoms with Crippen molar-refractivity contribution in [2.45, 2.75) is 309 Å². The molecule has 0 rings (SSSR count). The molecule has 0 fully saturated rings. The van der Waals surface area contributed by atoms with Crippen molar-refractivity contribution in [3.05, 3.63) is 85.1 Å². The Bertz CT molecular complexity index is 1400. The minimum atomic E-state index is -0.774. The van der Waals surface area contributed by atoms with Crippen molar-refractivity contribution < 1.29 is 28.6 Å². The Morgan fingerprint density at radius 1 is 0.288 bits per heavy atom. The van der Waals surface area contributed by atoms with Gasteiger partial charge in [-0.3, -0.25) is 14.4 Å². The molecule has 0 aliphatic carbocycles. The quantitative estimate of drug-likeness (QED) is 0.0261. The van der Waals surface area contributed by atoms with Gasteiger partial charge in [0.2, 0.25) is 0 Å². The molecule has 0 saturated carbocycles. The number of hydrogen-bond acceptors (Lipinski definition) is 6. The summed E-state index contributed by atoms with van der Waals surface area (Å²) in [4.78, 5) is 38.0. The fourth-order valence-corrected chi connectivity index (χ4v) is 8.78. The van der Waals surface area contributed by atoms with Crippen LogP contribution in [-0.4, -0.2) is 37.2 Å². The number of rotatable bonds is 56. The number of allylic oxidation sites excluding steroid dienone is 14. The lowest BCUT2D eigenvalue weighted by Gasteiger charge is -2.18. The fourth-order valence-electron chi connectivity index (χ4n) is 8.78. The Hall–Kier alpha value is -3.41. The number of carbonyl (C=O) groups excluding carboxylic acids is 3. The molecular weight excluding hydrogens is 901 g/mol. The van der Waals surface area contributed by atoms with Gasteiger partial charge in [-0.15, -0.1) is 0 Å². The number of hydrogen-bond donors (Lipinski definition) is 0. The number of esters is 3. The molecule has 0 amide bonds. The lowest BCUT2D eigenvalue weighted by molar-refractivity contribution is -0.167. The molecule has 6 heteroatoms. The molecular formula is C67H116O6. The van der Waals surface area contributed by atoms with E-state index in [1.54, 1.807) is 0 Å². The van der Waals surface area contributed by atoms with Gasteiger partial charge in [-0.2, -0.15) is 0 Å². The minimum absolute atomic E-state index is 0.0742. The van der Waals surface area contributed by atoms with Crippen molar-refractivity contribution in [1.82, 2.24) is 0 Å². The highest BCUT2D eigenvalue weighted by atomic mass is 16.6. The topological polar surface area (TPSA) is 78.9 Å². The van der Waals surface area contributed by atoms with E-state index in [1.807, 2.05) is 0 Å². The lowest BCUT2D eigenvalue weighted by Crippen LogP contribution is -2.30. The van der Waals surface area contributed by atoms with Crippen molar-refractivity contribution in [3.8, 4) is 0 Å². The first-order valence-electron chi connectivity index (χ1n) is 31.1. The molecule has 0 N–H and O–H groups in total. The normalized spacial score (nSPS) is 12.6. The van der Waals surface area contributed by atoms with Crippen molar-refractivity contribution in [2.24, 2.45) is 0 Å². The highest BCUT2D eigenvalue weighted by Gasteiger charge is 2.19.